The molecule has 5 rings (SSSR count). The van der Waals surface area contributed by atoms with Crippen molar-refractivity contribution in [2.24, 2.45) is 0 Å². The van der Waals surface area contributed by atoms with Gasteiger partial charge in [0.1, 0.15) is 24.1 Å². The van der Waals surface area contributed by atoms with Crippen molar-refractivity contribution in [3.63, 3.8) is 0 Å². The molecule has 1 saturated heterocycles. The van der Waals surface area contributed by atoms with E-state index >= 15 is 0 Å². The van der Waals surface area contributed by atoms with E-state index in [9.17, 15) is 29.1 Å². The van der Waals surface area contributed by atoms with Crippen molar-refractivity contribution < 1.29 is 42.9 Å². The number of anilines is 1. The summed E-state index contributed by atoms with van der Waals surface area (Å²) in [5.74, 6) is 0.380. The Bertz CT molecular complexity index is 1680. The Hall–Kier alpha value is -2.68. The van der Waals surface area contributed by atoms with Gasteiger partial charge in [-0.2, -0.15) is 14.6 Å². The van der Waals surface area contributed by atoms with Gasteiger partial charge in [-0.3, -0.25) is 9.09 Å². The van der Waals surface area contributed by atoms with E-state index in [2.05, 4.69) is 25.6 Å². The lowest BCUT2D eigenvalue weighted by Crippen LogP contribution is -2.34. The lowest BCUT2D eigenvalue weighted by molar-refractivity contribution is -0.0548. The first-order valence-corrected chi connectivity index (χ1v) is 17.0. The van der Waals surface area contributed by atoms with Crippen molar-refractivity contribution in [1.82, 2.24) is 25.0 Å². The molecule has 0 bridgehead atoms. The molecule has 3 heterocycles. The Balaban J connectivity index is 1.33. The molecule has 0 radical (unpaired) electrons. The number of aliphatic hydroxyl groups is 2. The molecule has 19 heteroatoms. The van der Waals surface area contributed by atoms with E-state index in [1.807, 2.05) is 12.1 Å². The molecule has 4 aromatic rings. The molecule has 1 aliphatic heterocycles. The third-order valence-corrected chi connectivity index (χ3v) is 9.87. The minimum atomic E-state index is -4.54. The molecule has 2 aromatic heterocycles. The zero-order valence-electron chi connectivity index (χ0n) is 22.1. The van der Waals surface area contributed by atoms with Crippen LogP contribution in [-0.2, 0) is 24.9 Å². The molecule has 15 nitrogen and oxygen atoms in total. The summed E-state index contributed by atoms with van der Waals surface area (Å²) in [5, 5.41) is 33.2. The number of nitrogens with one attached hydrogen (secondary N) is 1. The smallest absolute Gasteiger partial charge is 0.379 e. The molecule has 0 unspecified atom stereocenters. The van der Waals surface area contributed by atoms with Crippen LogP contribution in [0, 0.1) is 0 Å². The Morgan fingerprint density at radius 1 is 0.977 bits per heavy atom. The van der Waals surface area contributed by atoms with Crippen LogP contribution in [0.25, 0.3) is 11.2 Å². The van der Waals surface area contributed by atoms with Gasteiger partial charge in [-0.15, -0.1) is 5.10 Å². The van der Waals surface area contributed by atoms with Crippen LogP contribution in [0.2, 0.25) is 10.3 Å². The van der Waals surface area contributed by atoms with Crippen LogP contribution >= 0.6 is 38.4 Å². The summed E-state index contributed by atoms with van der Waals surface area (Å²) in [6, 6.07) is 15.1. The first kappa shape index (κ1) is 31.7. The molecular weight excluding hydrogens is 649 g/mol. The SMILES string of the molecule is O=P(O)(O)CC[P@@](=O)(OC[C@H]1O[C@@H](n2nnc3c(NCc4ccccc4Cl)nc(Cl)nc32)[C@H](O)[C@@H]1O)Oc1ccccc1. The van der Waals surface area contributed by atoms with Gasteiger partial charge in [-0.1, -0.05) is 53.2 Å². The second kappa shape index (κ2) is 13.1. The fourth-order valence-electron chi connectivity index (χ4n) is 4.21. The second-order valence-corrected chi connectivity index (χ2v) is 14.1. The largest absolute Gasteiger partial charge is 0.424 e. The van der Waals surface area contributed by atoms with Crippen LogP contribution in [0.4, 0.5) is 5.82 Å². The molecule has 43 heavy (non-hydrogen) atoms. The van der Waals surface area contributed by atoms with Crippen molar-refractivity contribution in [3.05, 3.63) is 70.5 Å². The first-order valence-electron chi connectivity index (χ1n) is 12.7. The van der Waals surface area contributed by atoms with Gasteiger partial charge in [-0.05, 0) is 35.4 Å². The third kappa shape index (κ3) is 7.70. The van der Waals surface area contributed by atoms with E-state index in [-0.39, 0.29) is 34.6 Å². The van der Waals surface area contributed by atoms with Gasteiger partial charge in [0.25, 0.3) is 0 Å². The number of aromatic nitrogens is 5. The predicted octanol–water partition coefficient (Wildman–Crippen LogP) is 3.23. The standard InChI is InChI=1S/C24H26Cl2N6O9P2/c25-16-9-5-4-6-14(16)12-27-21-18-22(29-24(26)28-21)32(31-30-18)23-20(34)19(33)17(40-23)13-39-43(38,11-10-42(35,36)37)41-15-7-2-1-3-8-15/h1-9,17,19-20,23,33-34H,10-13H2,(H,27,28,29)(H2,35,36,37)/t17-,19-,20-,23-,43-/m1/s1. The van der Waals surface area contributed by atoms with Crippen molar-refractivity contribution in [1.29, 1.82) is 0 Å². The number of para-hydroxylation sites is 1. The summed E-state index contributed by atoms with van der Waals surface area (Å²) in [6.07, 6.45) is -7.07. The minimum absolute atomic E-state index is 0.0826. The average molecular weight is 675 g/mol. The van der Waals surface area contributed by atoms with Crippen LogP contribution < -0.4 is 9.84 Å². The molecule has 230 valence electrons. The summed E-state index contributed by atoms with van der Waals surface area (Å²) in [6.45, 7) is -0.282. The molecule has 0 spiro atoms. The Morgan fingerprint density at radius 3 is 2.42 bits per heavy atom. The van der Waals surface area contributed by atoms with Gasteiger partial charge < -0.3 is 34.6 Å². The summed E-state index contributed by atoms with van der Waals surface area (Å²) in [5.41, 5.74) is 1.06. The van der Waals surface area contributed by atoms with Crippen molar-refractivity contribution in [3.8, 4) is 5.75 Å². The Labute approximate surface area is 254 Å². The summed E-state index contributed by atoms with van der Waals surface area (Å²) < 4.78 is 42.8. The molecule has 1 fully saturated rings. The van der Waals surface area contributed by atoms with E-state index in [4.69, 9.17) is 37.0 Å². The lowest BCUT2D eigenvalue weighted by atomic mass is 10.1. The van der Waals surface area contributed by atoms with Gasteiger partial charge in [0, 0.05) is 11.6 Å². The Kier molecular flexibility index (Phi) is 9.69. The van der Waals surface area contributed by atoms with E-state index < -0.39 is 58.7 Å². The number of rotatable bonds is 12. The maximum absolute atomic E-state index is 13.5. The molecule has 5 N–H and O–H groups in total. The third-order valence-electron chi connectivity index (χ3n) is 6.37. The number of halogens is 2. The maximum Gasteiger partial charge on any atom is 0.379 e. The minimum Gasteiger partial charge on any atom is -0.424 e. The molecule has 2 aromatic carbocycles. The number of aliphatic hydroxyl groups excluding tert-OH is 2. The predicted molar refractivity (Wildman–Crippen MR) is 155 cm³/mol. The van der Waals surface area contributed by atoms with Crippen molar-refractivity contribution in [2.45, 2.75) is 31.1 Å². The zero-order chi connectivity index (χ0) is 30.8. The average Bonchev–Trinajstić information content (AvgIpc) is 3.50. The highest BCUT2D eigenvalue weighted by molar-refractivity contribution is 7.57. The topological polar surface area (TPSA) is 211 Å². The first-order chi connectivity index (χ1) is 20.4. The highest BCUT2D eigenvalue weighted by atomic mass is 35.5. The Morgan fingerprint density at radius 2 is 1.70 bits per heavy atom. The molecule has 0 saturated carbocycles. The molecular formula is C24H26Cl2N6O9P2. The maximum atomic E-state index is 13.5. The second-order valence-electron chi connectivity index (χ2n) is 9.46. The van der Waals surface area contributed by atoms with Crippen molar-refractivity contribution in [2.75, 3.05) is 24.2 Å². The number of hydrogen-bond donors (Lipinski definition) is 5. The number of ether oxygens (including phenoxy) is 1. The van der Waals surface area contributed by atoms with Crippen LogP contribution in [0.5, 0.6) is 5.75 Å². The highest BCUT2D eigenvalue weighted by Gasteiger charge is 2.46. The van der Waals surface area contributed by atoms with E-state index in [0.29, 0.717) is 5.02 Å². The number of benzene rings is 2. The van der Waals surface area contributed by atoms with Gasteiger partial charge in [0.05, 0.1) is 18.9 Å². The summed E-state index contributed by atoms with van der Waals surface area (Å²) in [4.78, 5) is 27.0. The summed E-state index contributed by atoms with van der Waals surface area (Å²) >= 11 is 12.4. The molecule has 0 amide bonds. The van der Waals surface area contributed by atoms with Crippen molar-refractivity contribution >= 4 is 55.4 Å². The lowest BCUT2D eigenvalue weighted by Gasteiger charge is -2.22. The molecule has 0 aliphatic carbocycles. The zero-order valence-corrected chi connectivity index (χ0v) is 25.4. The highest BCUT2D eigenvalue weighted by Crippen LogP contribution is 2.52. The fourth-order valence-corrected chi connectivity index (χ4v) is 7.69. The van der Waals surface area contributed by atoms with E-state index in [0.717, 1.165) is 10.2 Å². The molecule has 5 atom stereocenters. The summed E-state index contributed by atoms with van der Waals surface area (Å²) in [7, 11) is -8.70. The van der Waals surface area contributed by atoms with Crippen LogP contribution in [-0.4, -0.2) is 82.2 Å². The van der Waals surface area contributed by atoms with Crippen LogP contribution in [0.3, 0.4) is 0 Å². The van der Waals surface area contributed by atoms with Crippen LogP contribution in [0.1, 0.15) is 11.8 Å². The van der Waals surface area contributed by atoms with E-state index in [1.54, 1.807) is 30.3 Å². The fraction of sp³-hybridized carbons (Fsp3) is 0.333. The normalized spacial score (nSPS) is 22.0. The number of nitrogens with zero attached hydrogens (tertiary/aromatic N) is 5. The monoisotopic (exact) mass is 674 g/mol. The van der Waals surface area contributed by atoms with Gasteiger partial charge in [0.2, 0.25) is 5.28 Å². The molecule has 1 aliphatic rings. The van der Waals surface area contributed by atoms with E-state index in [1.165, 1.54) is 12.1 Å². The quantitative estimate of drug-likeness (QED) is 0.108. The number of fused-ring (bicyclic) bond motifs is 1. The number of hydrogen-bond acceptors (Lipinski definition) is 12. The van der Waals surface area contributed by atoms with Gasteiger partial charge in [0.15, 0.2) is 23.2 Å². The van der Waals surface area contributed by atoms with Gasteiger partial charge in [-0.25, -0.2) is 4.57 Å². The van der Waals surface area contributed by atoms with Crippen LogP contribution in [0.15, 0.2) is 54.6 Å². The van der Waals surface area contributed by atoms with Gasteiger partial charge >= 0.3 is 15.2 Å².